The molecule has 0 saturated carbocycles. The van der Waals surface area contributed by atoms with Crippen LogP contribution in [0.4, 0.5) is 4.79 Å². The number of benzene rings is 2. The van der Waals surface area contributed by atoms with E-state index in [4.69, 9.17) is 0 Å². The molecule has 0 spiro atoms. The Bertz CT molecular complexity index is 1050. The fraction of sp³-hybridized carbons (Fsp3) is 0.0800. The molecule has 2 heterocycles. The van der Waals surface area contributed by atoms with Crippen LogP contribution >= 0.6 is 0 Å². The molecule has 0 fully saturated rings. The molecule has 0 aliphatic rings. The number of amides is 2. The summed E-state index contributed by atoms with van der Waals surface area (Å²) < 4.78 is 0. The van der Waals surface area contributed by atoms with Gasteiger partial charge >= 0.3 is 6.03 Å². The van der Waals surface area contributed by atoms with Crippen molar-refractivity contribution in [3.63, 3.8) is 0 Å². The quantitative estimate of drug-likeness (QED) is 0.497. The van der Waals surface area contributed by atoms with Crippen molar-refractivity contribution in [3.05, 3.63) is 120 Å². The first-order valence-electron chi connectivity index (χ1n) is 9.79. The summed E-state index contributed by atoms with van der Waals surface area (Å²) in [7, 11) is 0. The minimum Gasteiger partial charge on any atom is -0.334 e. The predicted molar refractivity (Wildman–Crippen MR) is 118 cm³/mol. The first-order valence-corrected chi connectivity index (χ1v) is 9.79. The molecule has 5 nitrogen and oxygen atoms in total. The van der Waals surface area contributed by atoms with Crippen LogP contribution in [0.25, 0.3) is 11.3 Å². The monoisotopic (exact) mass is 394 g/mol. The van der Waals surface area contributed by atoms with Crippen molar-refractivity contribution in [1.29, 1.82) is 0 Å². The standard InChI is InChI=1S/C25H22N4O/c30-25(28-17-19-13-15-27-23(16-19)22-12-7-14-26-18-22)29-24(20-8-3-1-4-9-20)21-10-5-2-6-11-21/h1-16,18,24H,17H2,(H2,28,29,30). The Hall–Kier alpha value is -3.99. The van der Waals surface area contributed by atoms with Crippen molar-refractivity contribution in [3.8, 4) is 11.3 Å². The van der Waals surface area contributed by atoms with Gasteiger partial charge in [0.05, 0.1) is 11.7 Å². The lowest BCUT2D eigenvalue weighted by Gasteiger charge is -2.20. The maximum Gasteiger partial charge on any atom is 0.315 e. The summed E-state index contributed by atoms with van der Waals surface area (Å²) in [6, 6.07) is 27.1. The van der Waals surface area contributed by atoms with Crippen molar-refractivity contribution < 1.29 is 4.79 Å². The molecule has 5 heteroatoms. The lowest BCUT2D eigenvalue weighted by Crippen LogP contribution is -2.38. The van der Waals surface area contributed by atoms with Crippen LogP contribution in [0.2, 0.25) is 0 Å². The molecule has 0 bridgehead atoms. The van der Waals surface area contributed by atoms with Gasteiger partial charge in [-0.1, -0.05) is 60.7 Å². The normalized spacial score (nSPS) is 10.6. The Morgan fingerprint density at radius 1 is 0.833 bits per heavy atom. The Labute approximate surface area is 175 Å². The summed E-state index contributed by atoms with van der Waals surface area (Å²) in [5, 5.41) is 6.04. The SMILES string of the molecule is O=C(NCc1ccnc(-c2cccnc2)c1)NC(c1ccccc1)c1ccccc1. The van der Waals surface area contributed by atoms with Gasteiger partial charge in [0.2, 0.25) is 0 Å². The maximum absolute atomic E-state index is 12.7. The minimum atomic E-state index is -0.229. The van der Waals surface area contributed by atoms with Gasteiger partial charge in [0.25, 0.3) is 0 Å². The molecule has 2 aromatic carbocycles. The number of hydrogen-bond donors (Lipinski definition) is 2. The average molecular weight is 394 g/mol. The van der Waals surface area contributed by atoms with Gasteiger partial charge in [-0.3, -0.25) is 9.97 Å². The summed E-state index contributed by atoms with van der Waals surface area (Å²) in [4.78, 5) is 21.2. The van der Waals surface area contributed by atoms with Crippen LogP contribution in [0, 0.1) is 0 Å². The molecule has 30 heavy (non-hydrogen) atoms. The van der Waals surface area contributed by atoms with Crippen molar-refractivity contribution in [1.82, 2.24) is 20.6 Å². The van der Waals surface area contributed by atoms with E-state index in [0.29, 0.717) is 6.54 Å². The van der Waals surface area contributed by atoms with Gasteiger partial charge in [0.15, 0.2) is 0 Å². The van der Waals surface area contributed by atoms with Crippen LogP contribution in [0.3, 0.4) is 0 Å². The fourth-order valence-corrected chi connectivity index (χ4v) is 3.27. The Balaban J connectivity index is 1.45. The first kappa shape index (κ1) is 19.3. The summed E-state index contributed by atoms with van der Waals surface area (Å²) in [5.74, 6) is 0. The Morgan fingerprint density at radius 2 is 1.53 bits per heavy atom. The van der Waals surface area contributed by atoms with Gasteiger partial charge in [-0.05, 0) is 41.0 Å². The Kier molecular flexibility index (Phi) is 6.11. The number of aromatic nitrogens is 2. The summed E-state index contributed by atoms with van der Waals surface area (Å²) in [5.41, 5.74) is 4.80. The molecule has 0 aliphatic carbocycles. The molecule has 4 aromatic rings. The van der Waals surface area contributed by atoms with Gasteiger partial charge in [-0.25, -0.2) is 4.79 Å². The van der Waals surface area contributed by atoms with E-state index in [-0.39, 0.29) is 12.1 Å². The highest BCUT2D eigenvalue weighted by atomic mass is 16.2. The van der Waals surface area contributed by atoms with Crippen LogP contribution in [0.5, 0.6) is 0 Å². The van der Waals surface area contributed by atoms with Crippen molar-refractivity contribution in [2.45, 2.75) is 12.6 Å². The average Bonchev–Trinajstić information content (AvgIpc) is 2.83. The summed E-state index contributed by atoms with van der Waals surface area (Å²) >= 11 is 0. The second kappa shape index (κ2) is 9.47. The third-order valence-electron chi connectivity index (χ3n) is 4.78. The highest BCUT2D eigenvalue weighted by molar-refractivity contribution is 5.75. The van der Waals surface area contributed by atoms with Gasteiger partial charge in [-0.15, -0.1) is 0 Å². The molecule has 0 aliphatic heterocycles. The molecule has 2 amide bonds. The number of carbonyl (C=O) groups excluding carboxylic acids is 1. The van der Waals surface area contributed by atoms with Crippen molar-refractivity contribution in [2.75, 3.05) is 0 Å². The fourth-order valence-electron chi connectivity index (χ4n) is 3.27. The van der Waals surface area contributed by atoms with Crippen molar-refractivity contribution >= 4 is 6.03 Å². The van der Waals surface area contributed by atoms with Gasteiger partial charge in [0.1, 0.15) is 0 Å². The second-order valence-electron chi connectivity index (χ2n) is 6.87. The van der Waals surface area contributed by atoms with E-state index >= 15 is 0 Å². The largest absolute Gasteiger partial charge is 0.334 e. The van der Waals surface area contributed by atoms with Gasteiger partial charge in [0, 0.05) is 30.7 Å². The zero-order chi connectivity index (χ0) is 20.6. The lowest BCUT2D eigenvalue weighted by molar-refractivity contribution is 0.238. The number of nitrogens with one attached hydrogen (secondary N) is 2. The molecule has 0 saturated heterocycles. The highest BCUT2D eigenvalue weighted by Gasteiger charge is 2.16. The Morgan fingerprint density at radius 3 is 2.17 bits per heavy atom. The highest BCUT2D eigenvalue weighted by Crippen LogP contribution is 2.21. The van der Waals surface area contributed by atoms with Gasteiger partial charge in [-0.2, -0.15) is 0 Å². The molecule has 148 valence electrons. The zero-order valence-corrected chi connectivity index (χ0v) is 16.4. The van der Waals surface area contributed by atoms with Crippen LogP contribution in [-0.2, 0) is 6.54 Å². The number of hydrogen-bond acceptors (Lipinski definition) is 3. The number of pyridine rings is 2. The third kappa shape index (κ3) is 4.89. The van der Waals surface area contributed by atoms with E-state index in [0.717, 1.165) is 27.9 Å². The first-order chi connectivity index (χ1) is 14.8. The van der Waals surface area contributed by atoms with Crippen LogP contribution < -0.4 is 10.6 Å². The molecule has 0 unspecified atom stereocenters. The molecule has 2 aromatic heterocycles. The van der Waals surface area contributed by atoms with E-state index in [2.05, 4.69) is 20.6 Å². The second-order valence-corrected chi connectivity index (χ2v) is 6.87. The minimum absolute atomic E-state index is 0.226. The zero-order valence-electron chi connectivity index (χ0n) is 16.4. The van der Waals surface area contributed by atoms with E-state index in [1.165, 1.54) is 0 Å². The van der Waals surface area contributed by atoms with Gasteiger partial charge < -0.3 is 10.6 Å². The number of rotatable bonds is 6. The number of nitrogens with zero attached hydrogens (tertiary/aromatic N) is 2. The van der Waals surface area contributed by atoms with E-state index < -0.39 is 0 Å². The topological polar surface area (TPSA) is 66.9 Å². The molecule has 0 atom stereocenters. The molecule has 0 radical (unpaired) electrons. The number of urea groups is 1. The third-order valence-corrected chi connectivity index (χ3v) is 4.78. The van der Waals surface area contributed by atoms with Crippen LogP contribution in [0.1, 0.15) is 22.7 Å². The van der Waals surface area contributed by atoms with Crippen LogP contribution in [0.15, 0.2) is 104 Å². The molecule has 2 N–H and O–H groups in total. The molecular weight excluding hydrogens is 372 g/mol. The lowest BCUT2D eigenvalue weighted by atomic mass is 9.99. The van der Waals surface area contributed by atoms with Crippen LogP contribution in [-0.4, -0.2) is 16.0 Å². The number of carbonyl (C=O) groups is 1. The summed E-state index contributed by atoms with van der Waals surface area (Å²) in [6.07, 6.45) is 5.25. The van der Waals surface area contributed by atoms with E-state index in [9.17, 15) is 4.79 Å². The maximum atomic E-state index is 12.7. The molecular formula is C25H22N4O. The molecule has 4 rings (SSSR count). The summed E-state index contributed by atoms with van der Waals surface area (Å²) in [6.45, 7) is 0.401. The van der Waals surface area contributed by atoms with E-state index in [1.807, 2.05) is 84.9 Å². The van der Waals surface area contributed by atoms with Crippen molar-refractivity contribution in [2.24, 2.45) is 0 Å². The predicted octanol–water partition coefficient (Wildman–Crippen LogP) is 4.73. The van der Waals surface area contributed by atoms with E-state index in [1.54, 1.807) is 18.6 Å². The smallest absolute Gasteiger partial charge is 0.315 e.